The first-order valence-corrected chi connectivity index (χ1v) is 8.89. The van der Waals surface area contributed by atoms with Crippen LogP contribution in [-0.4, -0.2) is 14.1 Å². The van der Waals surface area contributed by atoms with Crippen LogP contribution in [0.2, 0.25) is 0 Å². The van der Waals surface area contributed by atoms with Gasteiger partial charge in [-0.25, -0.2) is 8.42 Å². The van der Waals surface area contributed by atoms with Crippen LogP contribution in [0.3, 0.4) is 0 Å². The van der Waals surface area contributed by atoms with Gasteiger partial charge in [-0.05, 0) is 36.3 Å². The molecule has 2 aliphatic rings. The van der Waals surface area contributed by atoms with Gasteiger partial charge in [0.25, 0.3) is 0 Å². The van der Waals surface area contributed by atoms with E-state index in [-0.39, 0.29) is 10.8 Å². The van der Waals surface area contributed by atoms with Gasteiger partial charge >= 0.3 is 0 Å². The van der Waals surface area contributed by atoms with Crippen LogP contribution < -0.4 is 0 Å². The predicted molar refractivity (Wildman–Crippen MR) is 90.2 cm³/mol. The molecular weight excluding hydrogens is 308 g/mol. The van der Waals surface area contributed by atoms with Crippen molar-refractivity contribution in [1.29, 1.82) is 0 Å². The lowest BCUT2D eigenvalue weighted by atomic mass is 9.69. The maximum absolute atomic E-state index is 12.3. The molecule has 0 radical (unpaired) electrons. The van der Waals surface area contributed by atoms with Gasteiger partial charge in [0.2, 0.25) is 0 Å². The van der Waals surface area contributed by atoms with E-state index in [1.54, 1.807) is 24.3 Å². The fourth-order valence-electron chi connectivity index (χ4n) is 3.19. The molecule has 2 atom stereocenters. The Morgan fingerprint density at radius 2 is 1.70 bits per heavy atom. The maximum Gasteiger partial charge on any atom is 0.135 e. The van der Waals surface area contributed by atoms with Gasteiger partial charge in [-0.15, -0.1) is 0 Å². The van der Waals surface area contributed by atoms with Crippen molar-refractivity contribution < 1.29 is 8.42 Å². The van der Waals surface area contributed by atoms with Crippen LogP contribution in [0, 0.1) is 6.92 Å². The Morgan fingerprint density at radius 1 is 1.00 bits per heavy atom. The highest BCUT2D eigenvalue weighted by Gasteiger charge is 2.40. The van der Waals surface area contributed by atoms with Crippen molar-refractivity contribution in [1.82, 2.24) is 0 Å². The third-order valence-electron chi connectivity index (χ3n) is 4.42. The molecule has 0 bridgehead atoms. The predicted octanol–water partition coefficient (Wildman–Crippen LogP) is 3.86. The van der Waals surface area contributed by atoms with Gasteiger partial charge in [-0.1, -0.05) is 48.0 Å². The Kier molecular flexibility index (Phi) is 3.13. The minimum atomic E-state index is -3.76. The van der Waals surface area contributed by atoms with Crippen LogP contribution in [0.25, 0.3) is 4.83 Å². The molecule has 2 aromatic rings. The summed E-state index contributed by atoms with van der Waals surface area (Å²) in [5, 5.41) is 4.04. The number of aryl methyl sites for hydroxylation is 1. The molecule has 0 saturated carbocycles. The smallest absolute Gasteiger partial charge is 0.135 e. The zero-order valence-corrected chi connectivity index (χ0v) is 13.4. The molecule has 0 aliphatic heterocycles. The van der Waals surface area contributed by atoms with E-state index >= 15 is 0 Å². The molecule has 4 nitrogen and oxygen atoms in total. The van der Waals surface area contributed by atoms with Crippen molar-refractivity contribution in [2.24, 2.45) is 5.10 Å². The van der Waals surface area contributed by atoms with E-state index in [2.05, 4.69) is 28.1 Å². The van der Waals surface area contributed by atoms with Crippen molar-refractivity contribution in [3.63, 3.8) is 0 Å². The molecule has 23 heavy (non-hydrogen) atoms. The van der Waals surface area contributed by atoms with Crippen molar-refractivity contribution in [3.8, 4) is 0 Å². The van der Waals surface area contributed by atoms with Gasteiger partial charge in [0, 0.05) is 17.5 Å². The van der Waals surface area contributed by atoms with E-state index in [1.807, 2.05) is 25.1 Å². The Balaban J connectivity index is 1.58. The van der Waals surface area contributed by atoms with Gasteiger partial charge in [0.15, 0.2) is 0 Å². The van der Waals surface area contributed by atoms with Gasteiger partial charge < -0.3 is 9.93 Å². The molecule has 2 aliphatic carbocycles. The molecule has 4 rings (SSSR count). The first-order valence-electron chi connectivity index (χ1n) is 7.45. The number of hydrogen-bond donors (Lipinski definition) is 0. The summed E-state index contributed by atoms with van der Waals surface area (Å²) in [5.41, 5.74) is 4.22. The molecule has 5 heteroatoms. The first-order chi connectivity index (χ1) is 11.1. The molecular formula is C18H15N2O2S-. The molecule has 0 fully saturated rings. The van der Waals surface area contributed by atoms with Crippen molar-refractivity contribution in [2.45, 2.75) is 23.7 Å². The zero-order chi connectivity index (χ0) is 16.0. The second-order valence-electron chi connectivity index (χ2n) is 5.89. The molecule has 0 aromatic heterocycles. The molecule has 116 valence electrons. The third kappa shape index (κ3) is 2.28. The van der Waals surface area contributed by atoms with E-state index in [1.165, 1.54) is 11.1 Å². The summed E-state index contributed by atoms with van der Waals surface area (Å²) in [4.78, 5) is 3.81. The number of benzene rings is 2. The Morgan fingerprint density at radius 3 is 2.43 bits per heavy atom. The average Bonchev–Trinajstić information content (AvgIpc) is 2.90. The molecule has 0 spiro atoms. The van der Waals surface area contributed by atoms with E-state index < -0.39 is 10.0 Å². The van der Waals surface area contributed by atoms with Gasteiger partial charge in [0.05, 0.1) is 4.90 Å². The van der Waals surface area contributed by atoms with E-state index in [0.717, 1.165) is 5.56 Å². The van der Waals surface area contributed by atoms with Crippen LogP contribution in [0.4, 0.5) is 0 Å². The number of hydrogen-bond acceptors (Lipinski definition) is 3. The van der Waals surface area contributed by atoms with Crippen LogP contribution in [-0.2, 0) is 10.0 Å². The van der Waals surface area contributed by atoms with Crippen LogP contribution >= 0.6 is 0 Å². The summed E-state index contributed by atoms with van der Waals surface area (Å²) >= 11 is 0. The number of sulfonamides is 1. The largest absolute Gasteiger partial charge is 0.490 e. The first kappa shape index (κ1) is 14.2. The summed E-state index contributed by atoms with van der Waals surface area (Å²) < 4.78 is 24.5. The Labute approximate surface area is 135 Å². The lowest BCUT2D eigenvalue weighted by Gasteiger charge is -2.35. The summed E-state index contributed by atoms with van der Waals surface area (Å²) in [6, 6.07) is 14.8. The lowest BCUT2D eigenvalue weighted by molar-refractivity contribution is 0.601. The van der Waals surface area contributed by atoms with Crippen molar-refractivity contribution >= 4 is 15.7 Å². The highest BCUT2D eigenvalue weighted by Crippen LogP contribution is 2.51. The summed E-state index contributed by atoms with van der Waals surface area (Å²) in [7, 11) is -3.76. The zero-order valence-electron chi connectivity index (χ0n) is 12.5. The van der Waals surface area contributed by atoms with Crippen molar-refractivity contribution in [2.75, 3.05) is 0 Å². The standard InChI is InChI=1S/C18H15N2O2S/c1-12-6-8-13(9-7-12)23(21,22)20-19-17-11-10-16-14-4-2-3-5-15(14)18(16)17/h2-11,16,18H,1H3/q-1/b19-17+/t16-,18+/m1/s1. The molecule has 0 unspecified atom stereocenters. The SMILES string of the molecule is Cc1ccc(S(=O)(=O)[N-]/N=C2\C=C[C@@H]3c4ccccc4[C@H]23)cc1. The lowest BCUT2D eigenvalue weighted by Crippen LogP contribution is -2.24. The maximum atomic E-state index is 12.3. The minimum Gasteiger partial charge on any atom is -0.490 e. The molecule has 0 saturated heterocycles. The topological polar surface area (TPSA) is 60.6 Å². The van der Waals surface area contributed by atoms with Gasteiger partial charge in [-0.2, -0.15) is 0 Å². The fourth-order valence-corrected chi connectivity index (χ4v) is 3.97. The average molecular weight is 323 g/mol. The van der Waals surface area contributed by atoms with Crippen molar-refractivity contribution in [3.05, 3.63) is 82.2 Å². The number of nitrogens with zero attached hydrogens (tertiary/aromatic N) is 2. The minimum absolute atomic E-state index is 0.142. The molecule has 2 aromatic carbocycles. The van der Waals surface area contributed by atoms with Crippen LogP contribution in [0.15, 0.2) is 70.7 Å². The molecule has 0 amide bonds. The van der Waals surface area contributed by atoms with E-state index in [0.29, 0.717) is 11.6 Å². The highest BCUT2D eigenvalue weighted by atomic mass is 32.2. The van der Waals surface area contributed by atoms with Crippen LogP contribution in [0.5, 0.6) is 0 Å². The van der Waals surface area contributed by atoms with Crippen LogP contribution in [0.1, 0.15) is 28.5 Å². The number of fused-ring (bicyclic) bond motifs is 4. The monoisotopic (exact) mass is 323 g/mol. The molecule has 0 heterocycles. The highest BCUT2D eigenvalue weighted by molar-refractivity contribution is 7.93. The van der Waals surface area contributed by atoms with Gasteiger partial charge in [-0.3, -0.25) is 0 Å². The second-order valence-corrected chi connectivity index (χ2v) is 7.47. The number of allylic oxidation sites excluding steroid dienone is 2. The Bertz CT molecular complexity index is 928. The Hall–Kier alpha value is -2.40. The fraction of sp³-hybridized carbons (Fsp3) is 0.167. The molecule has 0 N–H and O–H groups in total. The van der Waals surface area contributed by atoms with E-state index in [9.17, 15) is 8.42 Å². The summed E-state index contributed by atoms with van der Waals surface area (Å²) in [6.45, 7) is 1.91. The van der Waals surface area contributed by atoms with E-state index in [4.69, 9.17) is 0 Å². The number of rotatable bonds is 3. The normalized spacial score (nSPS) is 23.3. The van der Waals surface area contributed by atoms with Gasteiger partial charge in [0.1, 0.15) is 10.0 Å². The quantitative estimate of drug-likeness (QED) is 0.805. The second kappa shape index (κ2) is 5.06. The summed E-state index contributed by atoms with van der Waals surface area (Å²) in [5.74, 6) is 0.449. The third-order valence-corrected chi connectivity index (χ3v) is 5.59. The summed E-state index contributed by atoms with van der Waals surface area (Å²) in [6.07, 6.45) is 3.95.